The van der Waals surface area contributed by atoms with Crippen LogP contribution in [-0.4, -0.2) is 22.3 Å². The zero-order valence-electron chi connectivity index (χ0n) is 17.8. The van der Waals surface area contributed by atoms with Crippen molar-refractivity contribution >= 4 is 22.4 Å². The molecule has 4 aromatic rings. The lowest BCUT2D eigenvalue weighted by Gasteiger charge is -2.27. The summed E-state index contributed by atoms with van der Waals surface area (Å²) in [6, 6.07) is 27.1. The SMILES string of the molecule is O=C(Cc1ccc(-c2ccccc2)cc1)Nc1nc(CN2CCc3ccccc3C2)cs1. The average Bonchev–Trinajstić information content (AvgIpc) is 3.26. The zero-order chi connectivity index (χ0) is 21.8. The molecule has 0 radical (unpaired) electrons. The molecule has 0 bridgehead atoms. The van der Waals surface area contributed by atoms with Gasteiger partial charge in [-0.1, -0.05) is 78.9 Å². The molecule has 0 spiro atoms. The molecule has 160 valence electrons. The van der Waals surface area contributed by atoms with Gasteiger partial charge in [0.1, 0.15) is 0 Å². The summed E-state index contributed by atoms with van der Waals surface area (Å²) in [5, 5.41) is 5.68. The van der Waals surface area contributed by atoms with Crippen molar-refractivity contribution in [2.45, 2.75) is 25.9 Å². The number of hydrogen-bond acceptors (Lipinski definition) is 4. The van der Waals surface area contributed by atoms with E-state index in [0.717, 1.165) is 42.9 Å². The molecule has 5 rings (SSSR count). The molecule has 5 heteroatoms. The topological polar surface area (TPSA) is 45.2 Å². The lowest BCUT2D eigenvalue weighted by molar-refractivity contribution is -0.115. The third kappa shape index (κ3) is 4.96. The van der Waals surface area contributed by atoms with Crippen molar-refractivity contribution < 1.29 is 4.79 Å². The molecule has 0 fully saturated rings. The van der Waals surface area contributed by atoms with Crippen LogP contribution in [0, 0.1) is 0 Å². The zero-order valence-corrected chi connectivity index (χ0v) is 18.6. The molecule has 1 aliphatic rings. The molecule has 1 amide bonds. The van der Waals surface area contributed by atoms with Gasteiger partial charge in [0.25, 0.3) is 0 Å². The Morgan fingerprint density at radius 2 is 1.62 bits per heavy atom. The highest BCUT2D eigenvalue weighted by Gasteiger charge is 2.17. The van der Waals surface area contributed by atoms with Crippen LogP contribution in [-0.2, 0) is 30.7 Å². The van der Waals surface area contributed by atoms with E-state index < -0.39 is 0 Å². The van der Waals surface area contributed by atoms with Crippen molar-refractivity contribution in [1.82, 2.24) is 9.88 Å². The second kappa shape index (κ2) is 9.47. The third-order valence-corrected chi connectivity index (χ3v) is 6.63. The summed E-state index contributed by atoms with van der Waals surface area (Å²) in [5.74, 6) is -0.0368. The number of thiazole rings is 1. The summed E-state index contributed by atoms with van der Waals surface area (Å²) >= 11 is 1.49. The van der Waals surface area contributed by atoms with Gasteiger partial charge in [-0.3, -0.25) is 9.69 Å². The summed E-state index contributed by atoms with van der Waals surface area (Å²) in [6.07, 6.45) is 1.42. The van der Waals surface area contributed by atoms with Crippen LogP contribution in [0.1, 0.15) is 22.4 Å². The first-order valence-electron chi connectivity index (χ1n) is 10.9. The standard InChI is InChI=1S/C27H25N3OS/c31-26(16-20-10-12-23(13-11-20)21-6-2-1-3-7-21)29-27-28-25(19-32-27)18-30-15-14-22-8-4-5-9-24(22)17-30/h1-13,19H,14-18H2,(H,28,29,31). The molecule has 0 aliphatic carbocycles. The molecule has 2 heterocycles. The first-order valence-corrected chi connectivity index (χ1v) is 11.8. The number of rotatable bonds is 6. The number of aromatic nitrogens is 1. The van der Waals surface area contributed by atoms with Crippen LogP contribution in [0.2, 0.25) is 0 Å². The maximum absolute atomic E-state index is 12.5. The highest BCUT2D eigenvalue weighted by molar-refractivity contribution is 7.13. The molecule has 3 aromatic carbocycles. The van der Waals surface area contributed by atoms with E-state index in [1.54, 1.807) is 0 Å². The Morgan fingerprint density at radius 3 is 2.44 bits per heavy atom. The van der Waals surface area contributed by atoms with E-state index >= 15 is 0 Å². The number of benzene rings is 3. The van der Waals surface area contributed by atoms with Crippen LogP contribution in [0.5, 0.6) is 0 Å². The Hall–Kier alpha value is -3.28. The van der Waals surface area contributed by atoms with E-state index in [1.807, 2.05) is 35.7 Å². The second-order valence-corrected chi connectivity index (χ2v) is 9.02. The fourth-order valence-electron chi connectivity index (χ4n) is 4.15. The Balaban J connectivity index is 1.15. The summed E-state index contributed by atoms with van der Waals surface area (Å²) in [6.45, 7) is 2.80. The van der Waals surface area contributed by atoms with Crippen molar-refractivity contribution in [3.05, 3.63) is 107 Å². The lowest BCUT2D eigenvalue weighted by Crippen LogP contribution is -2.30. The lowest BCUT2D eigenvalue weighted by atomic mass is 10.00. The van der Waals surface area contributed by atoms with E-state index in [2.05, 4.69) is 63.7 Å². The molecule has 0 unspecified atom stereocenters. The van der Waals surface area contributed by atoms with Gasteiger partial charge in [0.2, 0.25) is 5.91 Å². The molecule has 0 saturated heterocycles. The summed E-state index contributed by atoms with van der Waals surface area (Å²) < 4.78 is 0. The number of hydrogen-bond donors (Lipinski definition) is 1. The maximum atomic E-state index is 12.5. The van der Waals surface area contributed by atoms with Crippen molar-refractivity contribution in [2.75, 3.05) is 11.9 Å². The highest BCUT2D eigenvalue weighted by atomic mass is 32.1. The van der Waals surface area contributed by atoms with Gasteiger partial charge in [0, 0.05) is 25.0 Å². The Kier molecular flexibility index (Phi) is 6.10. The number of carbonyl (C=O) groups is 1. The van der Waals surface area contributed by atoms with Gasteiger partial charge >= 0.3 is 0 Å². The maximum Gasteiger partial charge on any atom is 0.230 e. The van der Waals surface area contributed by atoms with Gasteiger partial charge in [0.15, 0.2) is 5.13 Å². The Morgan fingerprint density at radius 1 is 0.906 bits per heavy atom. The van der Waals surface area contributed by atoms with Crippen molar-refractivity contribution in [1.29, 1.82) is 0 Å². The van der Waals surface area contributed by atoms with E-state index in [1.165, 1.54) is 28.0 Å². The normalized spacial score (nSPS) is 13.5. The first-order chi connectivity index (χ1) is 15.7. The second-order valence-electron chi connectivity index (χ2n) is 8.16. The van der Waals surface area contributed by atoms with E-state index in [9.17, 15) is 4.79 Å². The molecule has 1 N–H and O–H groups in total. The molecule has 4 nitrogen and oxygen atoms in total. The van der Waals surface area contributed by atoms with Crippen LogP contribution < -0.4 is 5.32 Å². The Bertz CT molecular complexity index is 1200. The van der Waals surface area contributed by atoms with Crippen LogP contribution in [0.15, 0.2) is 84.2 Å². The van der Waals surface area contributed by atoms with Gasteiger partial charge in [-0.2, -0.15) is 0 Å². The van der Waals surface area contributed by atoms with Crippen molar-refractivity contribution in [3.63, 3.8) is 0 Å². The van der Waals surface area contributed by atoms with Gasteiger partial charge < -0.3 is 5.32 Å². The van der Waals surface area contributed by atoms with Crippen molar-refractivity contribution in [3.8, 4) is 11.1 Å². The minimum Gasteiger partial charge on any atom is -0.302 e. The Labute approximate surface area is 192 Å². The summed E-state index contributed by atoms with van der Waals surface area (Å²) in [7, 11) is 0. The predicted molar refractivity (Wildman–Crippen MR) is 131 cm³/mol. The molecule has 0 saturated carbocycles. The molecule has 1 aliphatic heterocycles. The minimum absolute atomic E-state index is 0.0368. The summed E-state index contributed by atoms with van der Waals surface area (Å²) in [4.78, 5) is 19.6. The fraction of sp³-hybridized carbons (Fsp3) is 0.185. The number of anilines is 1. The van der Waals surface area contributed by atoms with Gasteiger partial charge in [-0.05, 0) is 34.2 Å². The average molecular weight is 440 g/mol. The van der Waals surface area contributed by atoms with Gasteiger partial charge in [-0.15, -0.1) is 11.3 Å². The van der Waals surface area contributed by atoms with Crippen molar-refractivity contribution in [2.24, 2.45) is 0 Å². The predicted octanol–water partition coefficient (Wildman–Crippen LogP) is 5.55. The highest BCUT2D eigenvalue weighted by Crippen LogP contribution is 2.23. The monoisotopic (exact) mass is 439 g/mol. The number of fused-ring (bicyclic) bond motifs is 1. The summed E-state index contributed by atoms with van der Waals surface area (Å²) in [5.41, 5.74) is 7.19. The first kappa shape index (κ1) is 20.6. The quantitative estimate of drug-likeness (QED) is 0.428. The number of nitrogens with zero attached hydrogens (tertiary/aromatic N) is 2. The number of carbonyl (C=O) groups excluding carboxylic acids is 1. The van der Waals surface area contributed by atoms with Gasteiger partial charge in [-0.25, -0.2) is 4.98 Å². The smallest absolute Gasteiger partial charge is 0.230 e. The van der Waals surface area contributed by atoms with E-state index in [4.69, 9.17) is 0 Å². The van der Waals surface area contributed by atoms with E-state index in [-0.39, 0.29) is 5.91 Å². The van der Waals surface area contributed by atoms with Gasteiger partial charge in [0.05, 0.1) is 12.1 Å². The number of nitrogens with one attached hydrogen (secondary N) is 1. The van der Waals surface area contributed by atoms with E-state index in [0.29, 0.717) is 11.6 Å². The molecule has 32 heavy (non-hydrogen) atoms. The fourth-order valence-corrected chi connectivity index (χ4v) is 4.87. The molecular weight excluding hydrogens is 414 g/mol. The molecular formula is C27H25N3OS. The van der Waals surface area contributed by atoms with Crippen LogP contribution in [0.3, 0.4) is 0 Å². The van der Waals surface area contributed by atoms with Crippen LogP contribution >= 0.6 is 11.3 Å². The van der Waals surface area contributed by atoms with Crippen LogP contribution in [0.25, 0.3) is 11.1 Å². The molecule has 0 atom stereocenters. The minimum atomic E-state index is -0.0368. The number of amides is 1. The molecule has 1 aromatic heterocycles. The third-order valence-electron chi connectivity index (χ3n) is 5.82. The largest absolute Gasteiger partial charge is 0.302 e. The van der Waals surface area contributed by atoms with Crippen LogP contribution in [0.4, 0.5) is 5.13 Å².